The summed E-state index contributed by atoms with van der Waals surface area (Å²) in [4.78, 5) is 36.3. The Labute approximate surface area is 144 Å². The van der Waals surface area contributed by atoms with Crippen LogP contribution in [0.1, 0.15) is 26.7 Å². The van der Waals surface area contributed by atoms with Crippen molar-refractivity contribution in [3.05, 3.63) is 34.4 Å². The van der Waals surface area contributed by atoms with Gasteiger partial charge in [0.2, 0.25) is 5.91 Å². The number of carboxylic acid groups (broad SMARTS) is 1. The first kappa shape index (κ1) is 18.3. The molecule has 1 aliphatic carbocycles. The zero-order valence-electron chi connectivity index (χ0n) is 13.5. The van der Waals surface area contributed by atoms with Crippen molar-refractivity contribution in [1.29, 1.82) is 0 Å². The van der Waals surface area contributed by atoms with E-state index in [1.54, 1.807) is 30.9 Å². The van der Waals surface area contributed by atoms with E-state index in [9.17, 15) is 19.7 Å². The highest BCUT2D eigenvalue weighted by atomic mass is 32.2. The SMILES string of the molecule is CC(CN(C(=O)C(C)Sc1ccc([N+](=O)[O-])cc1)C1CC1)C(=O)O. The summed E-state index contributed by atoms with van der Waals surface area (Å²) in [5, 5.41) is 19.3. The van der Waals surface area contributed by atoms with Crippen LogP contribution in [0.15, 0.2) is 29.2 Å². The first-order chi connectivity index (χ1) is 11.3. The van der Waals surface area contributed by atoms with Gasteiger partial charge in [0.15, 0.2) is 0 Å². The Morgan fingerprint density at radius 1 is 1.33 bits per heavy atom. The van der Waals surface area contributed by atoms with Gasteiger partial charge in [-0.05, 0) is 31.9 Å². The number of amides is 1. The summed E-state index contributed by atoms with van der Waals surface area (Å²) >= 11 is 1.32. The number of carbonyl (C=O) groups excluding carboxylic acids is 1. The molecule has 0 aliphatic heterocycles. The summed E-state index contributed by atoms with van der Waals surface area (Å²) in [6.07, 6.45) is 1.82. The van der Waals surface area contributed by atoms with Crippen molar-refractivity contribution in [3.63, 3.8) is 0 Å². The number of hydrogen-bond acceptors (Lipinski definition) is 5. The van der Waals surface area contributed by atoms with E-state index >= 15 is 0 Å². The number of hydrogen-bond donors (Lipinski definition) is 1. The van der Waals surface area contributed by atoms with Crippen molar-refractivity contribution in [1.82, 2.24) is 4.90 Å². The average Bonchev–Trinajstić information content (AvgIpc) is 3.36. The van der Waals surface area contributed by atoms with Crippen LogP contribution in [0.3, 0.4) is 0 Å². The Morgan fingerprint density at radius 2 is 1.92 bits per heavy atom. The van der Waals surface area contributed by atoms with E-state index < -0.39 is 16.8 Å². The molecule has 8 heteroatoms. The first-order valence-corrected chi connectivity index (χ1v) is 8.62. The van der Waals surface area contributed by atoms with Crippen molar-refractivity contribution < 1.29 is 19.6 Å². The summed E-state index contributed by atoms with van der Waals surface area (Å²) in [6, 6.07) is 6.19. The number of thioether (sulfide) groups is 1. The minimum absolute atomic E-state index is 0.00761. The fraction of sp³-hybridized carbons (Fsp3) is 0.500. The van der Waals surface area contributed by atoms with Crippen molar-refractivity contribution in [2.24, 2.45) is 5.92 Å². The Morgan fingerprint density at radius 3 is 2.38 bits per heavy atom. The number of nitro benzene ring substituents is 1. The minimum atomic E-state index is -0.913. The molecule has 0 bridgehead atoms. The molecule has 1 saturated carbocycles. The topological polar surface area (TPSA) is 101 Å². The summed E-state index contributed by atoms with van der Waals surface area (Å²) in [7, 11) is 0. The smallest absolute Gasteiger partial charge is 0.308 e. The number of benzene rings is 1. The van der Waals surface area contributed by atoms with Crippen molar-refractivity contribution in [2.75, 3.05) is 6.54 Å². The summed E-state index contributed by atoms with van der Waals surface area (Å²) in [6.45, 7) is 3.58. The molecule has 7 nitrogen and oxygen atoms in total. The molecule has 0 heterocycles. The van der Waals surface area contributed by atoms with Gasteiger partial charge in [-0.3, -0.25) is 19.7 Å². The van der Waals surface area contributed by atoms with Crippen LogP contribution >= 0.6 is 11.8 Å². The molecule has 0 radical (unpaired) electrons. The van der Waals surface area contributed by atoms with Gasteiger partial charge in [0.25, 0.3) is 5.69 Å². The van der Waals surface area contributed by atoms with Gasteiger partial charge in [0.05, 0.1) is 16.1 Å². The normalized spacial score (nSPS) is 16.2. The number of carboxylic acids is 1. The van der Waals surface area contributed by atoms with E-state index in [0.717, 1.165) is 17.7 Å². The lowest BCUT2D eigenvalue weighted by Crippen LogP contribution is -2.42. The van der Waals surface area contributed by atoms with Crippen LogP contribution < -0.4 is 0 Å². The van der Waals surface area contributed by atoms with Crippen LogP contribution in [0.25, 0.3) is 0 Å². The molecular weight excluding hydrogens is 332 g/mol. The molecule has 1 aromatic rings. The lowest BCUT2D eigenvalue weighted by Gasteiger charge is -2.27. The molecule has 2 unspecified atom stereocenters. The van der Waals surface area contributed by atoms with Gasteiger partial charge in [-0.25, -0.2) is 0 Å². The molecule has 1 fully saturated rings. The number of rotatable bonds is 8. The van der Waals surface area contributed by atoms with Gasteiger partial charge >= 0.3 is 5.97 Å². The number of carbonyl (C=O) groups is 2. The molecule has 0 spiro atoms. The van der Waals surface area contributed by atoms with Crippen LogP contribution in [0.4, 0.5) is 5.69 Å². The van der Waals surface area contributed by atoms with Crippen LogP contribution in [0.5, 0.6) is 0 Å². The maximum atomic E-state index is 12.7. The Balaban J connectivity index is 2.01. The maximum Gasteiger partial charge on any atom is 0.308 e. The lowest BCUT2D eigenvalue weighted by atomic mass is 10.1. The van der Waals surface area contributed by atoms with Crippen molar-refractivity contribution in [2.45, 2.75) is 42.9 Å². The zero-order chi connectivity index (χ0) is 17.9. The van der Waals surface area contributed by atoms with E-state index in [-0.39, 0.29) is 29.4 Å². The summed E-state index contributed by atoms with van der Waals surface area (Å²) in [5.74, 6) is -1.61. The number of aliphatic carboxylic acids is 1. The number of nitrogens with zero attached hydrogens (tertiary/aromatic N) is 2. The molecule has 2 rings (SSSR count). The van der Waals surface area contributed by atoms with E-state index in [1.165, 1.54) is 23.9 Å². The highest BCUT2D eigenvalue weighted by Gasteiger charge is 2.36. The second-order valence-corrected chi connectivity index (χ2v) is 7.39. The molecule has 24 heavy (non-hydrogen) atoms. The van der Waals surface area contributed by atoms with E-state index in [2.05, 4.69) is 0 Å². The van der Waals surface area contributed by atoms with E-state index in [4.69, 9.17) is 5.11 Å². The lowest BCUT2D eigenvalue weighted by molar-refractivity contribution is -0.384. The first-order valence-electron chi connectivity index (χ1n) is 7.74. The second-order valence-electron chi connectivity index (χ2n) is 5.97. The minimum Gasteiger partial charge on any atom is -0.481 e. The van der Waals surface area contributed by atoms with Gasteiger partial charge in [0, 0.05) is 29.6 Å². The largest absolute Gasteiger partial charge is 0.481 e. The van der Waals surface area contributed by atoms with E-state index in [1.807, 2.05) is 0 Å². The Bertz CT molecular complexity index is 630. The zero-order valence-corrected chi connectivity index (χ0v) is 14.4. The average molecular weight is 352 g/mol. The molecule has 0 saturated heterocycles. The molecule has 1 aromatic carbocycles. The van der Waals surface area contributed by atoms with Gasteiger partial charge in [-0.15, -0.1) is 11.8 Å². The fourth-order valence-corrected chi connectivity index (χ4v) is 3.25. The third kappa shape index (κ3) is 4.70. The number of nitro groups is 1. The standard InChI is InChI=1S/C16H20N2O5S/c1-10(16(20)21)9-17(12-3-4-12)15(19)11(2)24-14-7-5-13(6-8-14)18(22)23/h5-8,10-12H,3-4,9H2,1-2H3,(H,20,21). The van der Waals surface area contributed by atoms with Gasteiger partial charge in [-0.2, -0.15) is 0 Å². The van der Waals surface area contributed by atoms with Crippen LogP contribution in [0, 0.1) is 16.0 Å². The fourth-order valence-electron chi connectivity index (χ4n) is 2.31. The second kappa shape index (κ2) is 7.65. The van der Waals surface area contributed by atoms with Crippen LogP contribution in [-0.4, -0.2) is 44.6 Å². The Kier molecular flexibility index (Phi) is 5.82. The molecule has 130 valence electrons. The monoisotopic (exact) mass is 352 g/mol. The maximum absolute atomic E-state index is 12.7. The molecular formula is C16H20N2O5S. The quantitative estimate of drug-likeness (QED) is 0.438. The summed E-state index contributed by atoms with van der Waals surface area (Å²) in [5.41, 5.74) is 0.00761. The third-order valence-electron chi connectivity index (χ3n) is 3.87. The molecule has 1 N–H and O–H groups in total. The molecule has 1 aliphatic rings. The van der Waals surface area contributed by atoms with Crippen molar-refractivity contribution in [3.8, 4) is 0 Å². The highest BCUT2D eigenvalue weighted by Crippen LogP contribution is 2.32. The summed E-state index contributed by atoms with van der Waals surface area (Å²) < 4.78 is 0. The van der Waals surface area contributed by atoms with Crippen LogP contribution in [0.2, 0.25) is 0 Å². The number of non-ortho nitro benzene ring substituents is 1. The predicted molar refractivity (Wildman–Crippen MR) is 90.0 cm³/mol. The van der Waals surface area contributed by atoms with Crippen LogP contribution in [-0.2, 0) is 9.59 Å². The highest BCUT2D eigenvalue weighted by molar-refractivity contribution is 8.00. The molecule has 1 amide bonds. The molecule has 0 aromatic heterocycles. The molecule has 2 atom stereocenters. The van der Waals surface area contributed by atoms with Crippen molar-refractivity contribution >= 4 is 29.3 Å². The Hall–Kier alpha value is -2.09. The predicted octanol–water partition coefficient (Wildman–Crippen LogP) is 2.79. The third-order valence-corrected chi connectivity index (χ3v) is 4.97. The van der Waals surface area contributed by atoms with E-state index in [0.29, 0.717) is 0 Å². The van der Waals surface area contributed by atoms with Gasteiger partial charge in [0.1, 0.15) is 0 Å². The van der Waals surface area contributed by atoms with Gasteiger partial charge in [-0.1, -0.05) is 6.92 Å². The van der Waals surface area contributed by atoms with Gasteiger partial charge < -0.3 is 10.0 Å².